The molecule has 2 aromatic rings. The molecule has 0 unspecified atom stereocenters. The number of aryl methyl sites for hydroxylation is 1. The van der Waals surface area contributed by atoms with Crippen LogP contribution in [0.4, 0.5) is 0 Å². The van der Waals surface area contributed by atoms with E-state index in [4.69, 9.17) is 0 Å². The largest absolute Gasteiger partial charge is 0.341 e. The summed E-state index contributed by atoms with van der Waals surface area (Å²) >= 11 is 1.26. The summed E-state index contributed by atoms with van der Waals surface area (Å²) in [4.78, 5) is 14.3. The van der Waals surface area contributed by atoms with E-state index in [1.54, 1.807) is 23.6 Å². The minimum atomic E-state index is -3.03. The number of aromatic nitrogens is 4. The third-order valence-corrected chi connectivity index (χ3v) is 7.29. The van der Waals surface area contributed by atoms with Crippen LogP contribution in [0.15, 0.2) is 29.4 Å². The van der Waals surface area contributed by atoms with E-state index in [0.29, 0.717) is 11.6 Å². The summed E-state index contributed by atoms with van der Waals surface area (Å²) in [6, 6.07) is 7.46. The van der Waals surface area contributed by atoms with Gasteiger partial charge in [0.15, 0.2) is 9.84 Å². The Kier molecular flexibility index (Phi) is 5.33. The third kappa shape index (κ3) is 3.90. The molecule has 0 aliphatic carbocycles. The van der Waals surface area contributed by atoms with Gasteiger partial charge in [0, 0.05) is 13.1 Å². The van der Waals surface area contributed by atoms with Gasteiger partial charge in [-0.05, 0) is 42.3 Å². The number of nitrogens with zero attached hydrogens (tertiary/aromatic N) is 5. The molecule has 0 N–H and O–H groups in total. The zero-order valence-electron chi connectivity index (χ0n) is 14.9. The highest BCUT2D eigenvalue weighted by molar-refractivity contribution is 8.00. The Morgan fingerprint density at radius 1 is 1.38 bits per heavy atom. The van der Waals surface area contributed by atoms with Crippen LogP contribution in [0, 0.1) is 6.92 Å². The predicted molar refractivity (Wildman–Crippen MR) is 99.0 cm³/mol. The zero-order chi connectivity index (χ0) is 18.9. The summed E-state index contributed by atoms with van der Waals surface area (Å²) in [7, 11) is -1.37. The summed E-state index contributed by atoms with van der Waals surface area (Å²) in [5.41, 5.74) is 1.88. The van der Waals surface area contributed by atoms with Gasteiger partial charge in [0.25, 0.3) is 0 Å². The molecule has 140 valence electrons. The van der Waals surface area contributed by atoms with Gasteiger partial charge in [0.1, 0.15) is 0 Å². The molecule has 2 atom stereocenters. The molecule has 26 heavy (non-hydrogen) atoms. The maximum absolute atomic E-state index is 12.7. The quantitative estimate of drug-likeness (QED) is 0.699. The van der Waals surface area contributed by atoms with E-state index < -0.39 is 15.1 Å². The lowest BCUT2D eigenvalue weighted by Gasteiger charge is -2.26. The number of para-hydroxylation sites is 1. The lowest BCUT2D eigenvalue weighted by Crippen LogP contribution is -2.41. The molecule has 1 saturated heterocycles. The van der Waals surface area contributed by atoms with Gasteiger partial charge in [0.2, 0.25) is 11.1 Å². The first-order valence-corrected chi connectivity index (χ1v) is 11.0. The van der Waals surface area contributed by atoms with Crippen LogP contribution in [-0.2, 0) is 14.6 Å². The molecule has 1 aromatic carbocycles. The highest BCUT2D eigenvalue weighted by atomic mass is 32.2. The first-order chi connectivity index (χ1) is 12.3. The minimum absolute atomic E-state index is 0.0353. The Bertz CT molecular complexity index is 912. The van der Waals surface area contributed by atoms with E-state index in [1.165, 1.54) is 11.8 Å². The summed E-state index contributed by atoms with van der Waals surface area (Å²) in [6.07, 6.45) is 0.489. The van der Waals surface area contributed by atoms with Crippen molar-refractivity contribution in [2.75, 3.05) is 18.6 Å². The molecule has 1 aliphatic heterocycles. The van der Waals surface area contributed by atoms with Crippen molar-refractivity contribution >= 4 is 27.5 Å². The topological polar surface area (TPSA) is 98.1 Å². The number of carbonyl (C=O) groups is 1. The second-order valence-corrected chi connectivity index (χ2v) is 9.96. The summed E-state index contributed by atoms with van der Waals surface area (Å²) in [5.74, 6) is 0.0482. The van der Waals surface area contributed by atoms with E-state index in [9.17, 15) is 13.2 Å². The van der Waals surface area contributed by atoms with Crippen LogP contribution in [0.1, 0.15) is 18.9 Å². The van der Waals surface area contributed by atoms with E-state index >= 15 is 0 Å². The average Bonchev–Trinajstić information content (AvgIpc) is 3.20. The summed E-state index contributed by atoms with van der Waals surface area (Å²) in [6.45, 7) is 3.75. The second kappa shape index (κ2) is 7.36. The maximum atomic E-state index is 12.7. The van der Waals surface area contributed by atoms with Gasteiger partial charge in [-0.25, -0.2) is 8.42 Å². The maximum Gasteiger partial charge on any atom is 0.235 e. The molecular formula is C16H21N5O3S2. The third-order valence-electron chi connectivity index (χ3n) is 4.52. The molecule has 8 nitrogen and oxygen atoms in total. The van der Waals surface area contributed by atoms with Crippen molar-refractivity contribution in [1.29, 1.82) is 0 Å². The Morgan fingerprint density at radius 3 is 2.77 bits per heavy atom. The fraction of sp³-hybridized carbons (Fsp3) is 0.500. The molecule has 1 aliphatic rings. The van der Waals surface area contributed by atoms with E-state index in [0.717, 1.165) is 11.3 Å². The Morgan fingerprint density at radius 2 is 2.12 bits per heavy atom. The molecule has 1 aromatic heterocycles. The van der Waals surface area contributed by atoms with Crippen LogP contribution >= 0.6 is 11.8 Å². The van der Waals surface area contributed by atoms with E-state index in [2.05, 4.69) is 15.5 Å². The molecule has 0 spiro atoms. The average molecular weight is 396 g/mol. The van der Waals surface area contributed by atoms with Crippen molar-refractivity contribution in [3.63, 3.8) is 0 Å². The van der Waals surface area contributed by atoms with Crippen LogP contribution in [-0.4, -0.2) is 69.3 Å². The lowest BCUT2D eigenvalue weighted by molar-refractivity contribution is -0.130. The van der Waals surface area contributed by atoms with Gasteiger partial charge >= 0.3 is 0 Å². The Balaban J connectivity index is 1.73. The van der Waals surface area contributed by atoms with Gasteiger partial charge in [-0.1, -0.05) is 30.0 Å². The van der Waals surface area contributed by atoms with Crippen molar-refractivity contribution in [2.45, 2.75) is 36.7 Å². The zero-order valence-corrected chi connectivity index (χ0v) is 16.5. The molecule has 1 fully saturated rings. The molecule has 1 amide bonds. The first-order valence-electron chi connectivity index (χ1n) is 8.26. The number of thioether (sulfide) groups is 1. The molecule has 0 bridgehead atoms. The predicted octanol–water partition coefficient (Wildman–Crippen LogP) is 1.10. The molecule has 10 heteroatoms. The summed E-state index contributed by atoms with van der Waals surface area (Å²) in [5, 5.41) is 11.9. The first kappa shape index (κ1) is 18.8. The van der Waals surface area contributed by atoms with E-state index in [1.807, 2.05) is 31.2 Å². The van der Waals surface area contributed by atoms with Crippen LogP contribution < -0.4 is 0 Å². The number of hydrogen-bond acceptors (Lipinski definition) is 7. The Hall–Kier alpha value is -1.94. The van der Waals surface area contributed by atoms with Gasteiger partial charge in [-0.15, -0.1) is 5.10 Å². The van der Waals surface area contributed by atoms with Crippen molar-refractivity contribution in [2.24, 2.45) is 0 Å². The van der Waals surface area contributed by atoms with Gasteiger partial charge in [-0.3, -0.25) is 4.79 Å². The monoisotopic (exact) mass is 395 g/mol. The minimum Gasteiger partial charge on any atom is -0.341 e. The number of tetrazole rings is 1. The van der Waals surface area contributed by atoms with Crippen LogP contribution in [0.5, 0.6) is 0 Å². The number of rotatable bonds is 5. The number of hydrogen-bond donors (Lipinski definition) is 0. The molecule has 0 radical (unpaired) electrons. The highest BCUT2D eigenvalue weighted by Gasteiger charge is 2.34. The SMILES string of the molecule is Cc1ccccc1-n1nnnc1S[C@@H](C)C(=O)N(C)[C@@H]1CCS(=O)(=O)C1. The number of amides is 1. The van der Waals surface area contributed by atoms with Crippen LogP contribution in [0.25, 0.3) is 5.69 Å². The second-order valence-electron chi connectivity index (χ2n) is 6.43. The normalized spacial score (nSPS) is 20.0. The van der Waals surface area contributed by atoms with Gasteiger partial charge in [-0.2, -0.15) is 4.68 Å². The number of benzene rings is 1. The highest BCUT2D eigenvalue weighted by Crippen LogP contribution is 2.26. The van der Waals surface area contributed by atoms with Crippen molar-refractivity contribution < 1.29 is 13.2 Å². The van der Waals surface area contributed by atoms with Crippen LogP contribution in [0.2, 0.25) is 0 Å². The standard InChI is InChI=1S/C16H21N5O3S2/c1-11-6-4-5-7-14(11)21-16(17-18-19-21)25-12(2)15(22)20(3)13-8-9-26(23,24)10-13/h4-7,12-13H,8-10H2,1-3H3/t12-,13+/m0/s1. The fourth-order valence-electron chi connectivity index (χ4n) is 2.96. The number of carbonyl (C=O) groups excluding carboxylic acids is 1. The van der Waals surface area contributed by atoms with Gasteiger partial charge in [0.05, 0.1) is 22.4 Å². The van der Waals surface area contributed by atoms with Crippen molar-refractivity contribution in [1.82, 2.24) is 25.1 Å². The smallest absolute Gasteiger partial charge is 0.235 e. The Labute approximate surface area is 156 Å². The van der Waals surface area contributed by atoms with Crippen LogP contribution in [0.3, 0.4) is 0 Å². The molecule has 2 heterocycles. The summed E-state index contributed by atoms with van der Waals surface area (Å²) < 4.78 is 24.9. The molecular weight excluding hydrogens is 374 g/mol. The lowest BCUT2D eigenvalue weighted by atomic mass is 10.2. The molecule has 0 saturated carbocycles. The van der Waals surface area contributed by atoms with Crippen molar-refractivity contribution in [3.05, 3.63) is 29.8 Å². The number of sulfone groups is 1. The van der Waals surface area contributed by atoms with Crippen molar-refractivity contribution in [3.8, 4) is 5.69 Å². The van der Waals surface area contributed by atoms with Gasteiger partial charge < -0.3 is 4.90 Å². The van der Waals surface area contributed by atoms with E-state index in [-0.39, 0.29) is 23.5 Å². The molecule has 3 rings (SSSR count). The fourth-order valence-corrected chi connectivity index (χ4v) is 5.64.